The Balaban J connectivity index is 1.56. The molecule has 32 heavy (non-hydrogen) atoms. The molecule has 4 rings (SSSR count). The number of aromatic nitrogens is 2. The minimum atomic E-state index is -0.763. The number of allylic oxidation sites excluding steroid dienone is 2. The van der Waals surface area contributed by atoms with Crippen LogP contribution in [0.5, 0.6) is 5.75 Å². The molecule has 0 unspecified atom stereocenters. The van der Waals surface area contributed by atoms with Gasteiger partial charge in [-0.2, -0.15) is 4.98 Å². The topological polar surface area (TPSA) is 85.5 Å². The molecule has 1 N–H and O–H groups in total. The number of rotatable bonds is 8. The van der Waals surface area contributed by atoms with Crippen molar-refractivity contribution in [2.45, 2.75) is 46.1 Å². The lowest BCUT2D eigenvalue weighted by atomic mass is 9.95. The Morgan fingerprint density at radius 2 is 2.00 bits per heavy atom. The van der Waals surface area contributed by atoms with Crippen LogP contribution in [-0.4, -0.2) is 27.3 Å². The first-order valence-corrected chi connectivity index (χ1v) is 11.1. The molecule has 0 saturated carbocycles. The zero-order chi connectivity index (χ0) is 22.8. The van der Waals surface area contributed by atoms with Crippen molar-refractivity contribution in [3.05, 3.63) is 58.6 Å². The summed E-state index contributed by atoms with van der Waals surface area (Å²) in [6, 6.07) is 11.4. The second-order valence-electron chi connectivity index (χ2n) is 8.28. The van der Waals surface area contributed by atoms with E-state index >= 15 is 0 Å². The quantitative estimate of drug-likeness (QED) is 0.432. The number of carbonyl (C=O) groups is 1. The molecule has 0 radical (unpaired) electrons. The number of halogens is 1. The van der Waals surface area contributed by atoms with E-state index < -0.39 is 5.97 Å². The number of hydrogen-bond acceptors (Lipinski definition) is 5. The van der Waals surface area contributed by atoms with Crippen molar-refractivity contribution in [3.63, 3.8) is 0 Å². The fraction of sp³-hybridized carbons (Fsp3) is 0.320. The Morgan fingerprint density at radius 1 is 1.22 bits per heavy atom. The second kappa shape index (κ2) is 9.17. The van der Waals surface area contributed by atoms with Gasteiger partial charge < -0.3 is 14.4 Å². The number of ether oxygens (including phenoxy) is 1. The summed E-state index contributed by atoms with van der Waals surface area (Å²) in [4.78, 5) is 15.7. The van der Waals surface area contributed by atoms with E-state index in [1.807, 2.05) is 32.0 Å². The summed E-state index contributed by atoms with van der Waals surface area (Å²) < 4.78 is 11.2. The molecule has 1 aliphatic carbocycles. The maximum Gasteiger partial charge on any atom is 0.306 e. The predicted molar refractivity (Wildman–Crippen MR) is 124 cm³/mol. The van der Waals surface area contributed by atoms with Crippen LogP contribution in [0.15, 0.2) is 47.0 Å². The maximum atomic E-state index is 11.1. The van der Waals surface area contributed by atoms with Crippen molar-refractivity contribution >= 4 is 23.1 Å². The van der Waals surface area contributed by atoms with Crippen LogP contribution >= 0.6 is 11.6 Å². The van der Waals surface area contributed by atoms with Gasteiger partial charge in [0.05, 0.1) is 17.0 Å². The van der Waals surface area contributed by atoms with Crippen LogP contribution in [0.2, 0.25) is 5.02 Å². The zero-order valence-corrected chi connectivity index (χ0v) is 19.0. The van der Waals surface area contributed by atoms with E-state index in [1.165, 1.54) is 5.57 Å². The summed E-state index contributed by atoms with van der Waals surface area (Å²) in [5.74, 6) is 0.385. The van der Waals surface area contributed by atoms with Gasteiger partial charge in [0, 0.05) is 11.1 Å². The summed E-state index contributed by atoms with van der Waals surface area (Å²) in [6.45, 7) is 5.63. The van der Waals surface area contributed by atoms with Crippen LogP contribution in [0.25, 0.3) is 28.4 Å². The average Bonchev–Trinajstić information content (AvgIpc) is 3.40. The molecule has 3 aromatic rings. The number of carboxylic acid groups (broad SMARTS) is 1. The van der Waals surface area contributed by atoms with Gasteiger partial charge in [0.1, 0.15) is 5.75 Å². The lowest BCUT2D eigenvalue weighted by Crippen LogP contribution is -2.09. The molecule has 1 aromatic heterocycles. The maximum absolute atomic E-state index is 11.1. The molecule has 0 aliphatic heterocycles. The van der Waals surface area contributed by atoms with Crippen LogP contribution in [0.3, 0.4) is 0 Å². The first-order valence-electron chi connectivity index (χ1n) is 10.7. The van der Waals surface area contributed by atoms with E-state index in [2.05, 4.69) is 22.3 Å². The van der Waals surface area contributed by atoms with Gasteiger partial charge in [-0.1, -0.05) is 48.0 Å². The van der Waals surface area contributed by atoms with E-state index in [1.54, 1.807) is 19.1 Å². The van der Waals surface area contributed by atoms with Gasteiger partial charge in [0.15, 0.2) is 0 Å². The van der Waals surface area contributed by atoms with Crippen molar-refractivity contribution in [1.29, 1.82) is 0 Å². The summed E-state index contributed by atoms with van der Waals surface area (Å²) in [7, 11) is 0. The van der Waals surface area contributed by atoms with Crippen LogP contribution < -0.4 is 4.74 Å². The minimum absolute atomic E-state index is 0.0272. The Labute approximate surface area is 191 Å². The SMILES string of the molecule is CC(C)Oc1ccc(-c2nc(-c3cccc4c3CC=C4CC[C@@H](C)C(=O)O)no2)cc1Cl. The number of nitrogens with zero attached hydrogens (tertiary/aromatic N) is 2. The zero-order valence-electron chi connectivity index (χ0n) is 18.3. The molecule has 0 spiro atoms. The lowest BCUT2D eigenvalue weighted by Gasteiger charge is -2.11. The summed E-state index contributed by atoms with van der Waals surface area (Å²) in [5.41, 5.74) is 5.08. The van der Waals surface area contributed by atoms with E-state index in [0.29, 0.717) is 28.9 Å². The minimum Gasteiger partial charge on any atom is -0.489 e. The second-order valence-corrected chi connectivity index (χ2v) is 8.69. The third kappa shape index (κ3) is 4.55. The third-order valence-electron chi connectivity index (χ3n) is 5.55. The van der Waals surface area contributed by atoms with Crippen LogP contribution in [0.1, 0.15) is 44.7 Å². The number of carboxylic acids is 1. The number of hydrogen-bond donors (Lipinski definition) is 1. The molecule has 0 bridgehead atoms. The molecule has 0 amide bonds. The van der Waals surface area contributed by atoms with Crippen molar-refractivity contribution in [3.8, 4) is 28.6 Å². The molecule has 0 fully saturated rings. The van der Waals surface area contributed by atoms with Gasteiger partial charge in [-0.05, 0) is 68.0 Å². The third-order valence-corrected chi connectivity index (χ3v) is 5.85. The highest BCUT2D eigenvalue weighted by Crippen LogP contribution is 2.38. The van der Waals surface area contributed by atoms with E-state index in [4.69, 9.17) is 26.0 Å². The highest BCUT2D eigenvalue weighted by Gasteiger charge is 2.22. The standard InChI is InChI=1S/C25H25ClN2O4/c1-14(2)31-22-12-10-17(13-21(22)26)24-27-23(28-32-24)20-6-4-5-18-16(9-11-19(18)20)8-7-15(3)25(29)30/h4-6,9-10,12-15H,7-8,11H2,1-3H3,(H,29,30)/t15-/m1/s1. The summed E-state index contributed by atoms with van der Waals surface area (Å²) in [5, 5.41) is 13.8. The van der Waals surface area contributed by atoms with Crippen molar-refractivity contribution in [2.75, 3.05) is 0 Å². The molecule has 0 saturated heterocycles. The Bertz CT molecular complexity index is 1180. The van der Waals surface area contributed by atoms with E-state index in [-0.39, 0.29) is 12.0 Å². The molecule has 1 atom stereocenters. The first kappa shape index (κ1) is 22.1. The molecular weight excluding hydrogens is 428 g/mol. The van der Waals surface area contributed by atoms with Gasteiger partial charge >= 0.3 is 5.97 Å². The van der Waals surface area contributed by atoms with Gasteiger partial charge in [-0.3, -0.25) is 4.79 Å². The van der Waals surface area contributed by atoms with Gasteiger partial charge in [0.25, 0.3) is 5.89 Å². The van der Waals surface area contributed by atoms with E-state index in [0.717, 1.165) is 35.1 Å². The molecule has 2 aromatic carbocycles. The number of fused-ring (bicyclic) bond motifs is 1. The molecule has 7 heteroatoms. The monoisotopic (exact) mass is 452 g/mol. The molecule has 6 nitrogen and oxygen atoms in total. The Kier molecular flexibility index (Phi) is 6.33. The van der Waals surface area contributed by atoms with Crippen LogP contribution in [0, 0.1) is 5.92 Å². The Hall–Kier alpha value is -3.12. The van der Waals surface area contributed by atoms with Crippen molar-refractivity contribution < 1.29 is 19.2 Å². The molecule has 1 heterocycles. The highest BCUT2D eigenvalue weighted by molar-refractivity contribution is 6.32. The fourth-order valence-electron chi connectivity index (χ4n) is 3.82. The van der Waals surface area contributed by atoms with Crippen molar-refractivity contribution in [2.24, 2.45) is 5.92 Å². The number of aliphatic carboxylic acids is 1. The highest BCUT2D eigenvalue weighted by atomic mass is 35.5. The summed E-state index contributed by atoms with van der Waals surface area (Å²) in [6.07, 6.45) is 4.29. The van der Waals surface area contributed by atoms with Gasteiger partial charge in [-0.25, -0.2) is 0 Å². The number of benzene rings is 2. The van der Waals surface area contributed by atoms with Gasteiger partial charge in [-0.15, -0.1) is 0 Å². The normalized spacial score (nSPS) is 13.7. The van der Waals surface area contributed by atoms with Crippen molar-refractivity contribution in [1.82, 2.24) is 10.1 Å². The predicted octanol–water partition coefficient (Wildman–Crippen LogP) is 6.28. The summed E-state index contributed by atoms with van der Waals surface area (Å²) >= 11 is 6.35. The lowest BCUT2D eigenvalue weighted by molar-refractivity contribution is -0.141. The smallest absolute Gasteiger partial charge is 0.306 e. The molecular formula is C25H25ClN2O4. The largest absolute Gasteiger partial charge is 0.489 e. The fourth-order valence-corrected chi connectivity index (χ4v) is 4.04. The van der Waals surface area contributed by atoms with Crippen LogP contribution in [0.4, 0.5) is 0 Å². The molecule has 166 valence electrons. The Morgan fingerprint density at radius 3 is 2.72 bits per heavy atom. The average molecular weight is 453 g/mol. The van der Waals surface area contributed by atoms with Crippen LogP contribution in [-0.2, 0) is 11.2 Å². The van der Waals surface area contributed by atoms with Gasteiger partial charge in [0.2, 0.25) is 5.82 Å². The molecule has 1 aliphatic rings. The first-order chi connectivity index (χ1) is 15.3. The van der Waals surface area contributed by atoms with E-state index in [9.17, 15) is 4.79 Å².